The summed E-state index contributed by atoms with van der Waals surface area (Å²) in [6, 6.07) is 0. The molecule has 0 radical (unpaired) electrons. The summed E-state index contributed by atoms with van der Waals surface area (Å²) in [6.07, 6.45) is 2.86. The van der Waals surface area contributed by atoms with Crippen LogP contribution in [0.1, 0.15) is 20.3 Å². The highest BCUT2D eigenvalue weighted by Gasteiger charge is 2.10. The van der Waals surface area contributed by atoms with Crippen molar-refractivity contribution in [2.45, 2.75) is 26.4 Å². The van der Waals surface area contributed by atoms with Gasteiger partial charge < -0.3 is 14.6 Å². The van der Waals surface area contributed by atoms with Crippen molar-refractivity contribution in [3.05, 3.63) is 11.6 Å². The van der Waals surface area contributed by atoms with Gasteiger partial charge >= 0.3 is 0 Å². The van der Waals surface area contributed by atoms with Crippen LogP contribution in [0.15, 0.2) is 6.33 Å². The molecular formula is C12H18ClN5O. The zero-order valence-corrected chi connectivity index (χ0v) is 12.1. The van der Waals surface area contributed by atoms with Crippen LogP contribution in [-0.4, -0.2) is 38.8 Å². The molecule has 0 aliphatic rings. The van der Waals surface area contributed by atoms with E-state index < -0.39 is 0 Å². The zero-order chi connectivity index (χ0) is 13.8. The predicted octanol–water partition coefficient (Wildman–Crippen LogP) is 2.24. The second kappa shape index (κ2) is 6.16. The van der Waals surface area contributed by atoms with Crippen LogP contribution in [0.5, 0.6) is 0 Å². The first-order valence-electron chi connectivity index (χ1n) is 6.28. The number of hydrogen-bond acceptors (Lipinski definition) is 5. The fourth-order valence-corrected chi connectivity index (χ4v) is 1.92. The van der Waals surface area contributed by atoms with Gasteiger partial charge in [-0.05, 0) is 31.9 Å². The van der Waals surface area contributed by atoms with Gasteiger partial charge in [-0.25, -0.2) is 4.98 Å². The fourth-order valence-electron chi connectivity index (χ4n) is 1.75. The molecule has 0 spiro atoms. The third-order valence-corrected chi connectivity index (χ3v) is 2.78. The number of nitrogens with one attached hydrogen (secondary N) is 1. The lowest BCUT2D eigenvalue weighted by Crippen LogP contribution is -2.11. The lowest BCUT2D eigenvalue weighted by atomic mass is 10.4. The molecule has 0 bridgehead atoms. The molecule has 0 saturated heterocycles. The number of ether oxygens (including phenoxy) is 1. The van der Waals surface area contributed by atoms with Gasteiger partial charge in [0.1, 0.15) is 5.52 Å². The van der Waals surface area contributed by atoms with Crippen LogP contribution in [0, 0.1) is 0 Å². The van der Waals surface area contributed by atoms with E-state index in [1.165, 1.54) is 0 Å². The van der Waals surface area contributed by atoms with E-state index >= 15 is 0 Å². The number of anilines is 1. The topological polar surface area (TPSA) is 64.9 Å². The second-order valence-electron chi connectivity index (χ2n) is 4.57. The van der Waals surface area contributed by atoms with Gasteiger partial charge in [0.25, 0.3) is 0 Å². The molecule has 0 aromatic carbocycles. The van der Waals surface area contributed by atoms with Crippen LogP contribution >= 0.6 is 11.6 Å². The van der Waals surface area contributed by atoms with Gasteiger partial charge in [0.05, 0.1) is 12.4 Å². The molecule has 0 amide bonds. The summed E-state index contributed by atoms with van der Waals surface area (Å²) in [5.74, 6) is 0.708. The van der Waals surface area contributed by atoms with Crippen molar-refractivity contribution >= 4 is 28.6 Å². The summed E-state index contributed by atoms with van der Waals surface area (Å²) < 4.78 is 7.36. The number of halogens is 1. The van der Waals surface area contributed by atoms with Crippen LogP contribution in [0.4, 0.5) is 5.82 Å². The van der Waals surface area contributed by atoms with E-state index in [9.17, 15) is 0 Å². The highest BCUT2D eigenvalue weighted by Crippen LogP contribution is 2.20. The molecule has 0 saturated carbocycles. The summed E-state index contributed by atoms with van der Waals surface area (Å²) >= 11 is 5.88. The minimum Gasteiger partial charge on any atom is -0.379 e. The number of aryl methyl sites for hydroxylation is 1. The number of hydrogen-bond donors (Lipinski definition) is 1. The first-order chi connectivity index (χ1) is 9.08. The molecule has 2 heterocycles. The number of imidazole rings is 1. The molecule has 104 valence electrons. The fraction of sp³-hybridized carbons (Fsp3) is 0.583. The van der Waals surface area contributed by atoms with Crippen LogP contribution < -0.4 is 5.32 Å². The van der Waals surface area contributed by atoms with E-state index in [-0.39, 0.29) is 11.4 Å². The summed E-state index contributed by atoms with van der Waals surface area (Å²) in [5, 5.41) is 3.45. The summed E-state index contributed by atoms with van der Waals surface area (Å²) in [6.45, 7) is 5.53. The summed E-state index contributed by atoms with van der Waals surface area (Å²) in [4.78, 5) is 12.5. The monoisotopic (exact) mass is 283 g/mol. The van der Waals surface area contributed by atoms with Crippen LogP contribution in [0.3, 0.4) is 0 Å². The van der Waals surface area contributed by atoms with Gasteiger partial charge in [0, 0.05) is 20.2 Å². The third-order valence-electron chi connectivity index (χ3n) is 2.61. The molecule has 7 heteroatoms. The van der Waals surface area contributed by atoms with E-state index in [0.717, 1.165) is 25.1 Å². The van der Waals surface area contributed by atoms with Crippen molar-refractivity contribution in [2.24, 2.45) is 7.05 Å². The molecule has 2 aromatic heterocycles. The van der Waals surface area contributed by atoms with Crippen molar-refractivity contribution < 1.29 is 4.74 Å². The molecule has 0 aliphatic carbocycles. The number of nitrogens with zero attached hydrogens (tertiary/aromatic N) is 4. The molecule has 1 N–H and O–H groups in total. The Hall–Kier alpha value is -1.40. The first-order valence-corrected chi connectivity index (χ1v) is 6.65. The average molecular weight is 284 g/mol. The molecule has 0 unspecified atom stereocenters. The molecule has 0 atom stereocenters. The Bertz CT molecular complexity index is 554. The van der Waals surface area contributed by atoms with Crippen LogP contribution in [0.2, 0.25) is 5.28 Å². The number of fused-ring (bicyclic) bond motifs is 1. The lowest BCUT2D eigenvalue weighted by molar-refractivity contribution is 0.0787. The Balaban J connectivity index is 2.01. The van der Waals surface area contributed by atoms with E-state index in [1.807, 2.05) is 25.5 Å². The predicted molar refractivity (Wildman–Crippen MR) is 75.5 cm³/mol. The standard InChI is InChI=1S/C12H18ClN5O/c1-8(2)19-6-4-5-14-10-9-11(15-7-18(9)3)17-12(13)16-10/h7-8H,4-6H2,1-3H3,(H,14,16,17). The van der Waals surface area contributed by atoms with Crippen molar-refractivity contribution in [3.63, 3.8) is 0 Å². The van der Waals surface area contributed by atoms with Crippen LogP contribution in [-0.2, 0) is 11.8 Å². The normalized spacial score (nSPS) is 11.4. The molecule has 0 aliphatic heterocycles. The SMILES string of the molecule is CC(C)OCCCNc1nc(Cl)nc2ncn(C)c12. The molecule has 19 heavy (non-hydrogen) atoms. The van der Waals surface area contributed by atoms with E-state index in [4.69, 9.17) is 16.3 Å². The quantitative estimate of drug-likeness (QED) is 0.651. The molecule has 2 rings (SSSR count). The minimum atomic E-state index is 0.201. The van der Waals surface area contributed by atoms with Gasteiger partial charge in [-0.2, -0.15) is 9.97 Å². The van der Waals surface area contributed by atoms with Gasteiger partial charge in [0.2, 0.25) is 5.28 Å². The van der Waals surface area contributed by atoms with Crippen molar-refractivity contribution in [1.29, 1.82) is 0 Å². The van der Waals surface area contributed by atoms with Crippen molar-refractivity contribution in [3.8, 4) is 0 Å². The third kappa shape index (κ3) is 3.54. The summed E-state index contributed by atoms with van der Waals surface area (Å²) in [5.41, 5.74) is 1.46. The largest absolute Gasteiger partial charge is 0.379 e. The second-order valence-corrected chi connectivity index (χ2v) is 4.91. The Kier molecular flexibility index (Phi) is 4.55. The van der Waals surface area contributed by atoms with E-state index in [0.29, 0.717) is 11.5 Å². The molecule has 6 nitrogen and oxygen atoms in total. The van der Waals surface area contributed by atoms with Crippen molar-refractivity contribution in [2.75, 3.05) is 18.5 Å². The zero-order valence-electron chi connectivity index (χ0n) is 11.4. The minimum absolute atomic E-state index is 0.201. The number of aromatic nitrogens is 4. The maximum Gasteiger partial charge on any atom is 0.226 e. The van der Waals surface area contributed by atoms with E-state index in [2.05, 4.69) is 20.3 Å². The summed E-state index contributed by atoms with van der Waals surface area (Å²) in [7, 11) is 1.90. The smallest absolute Gasteiger partial charge is 0.226 e. The van der Waals surface area contributed by atoms with Gasteiger partial charge in [-0.3, -0.25) is 0 Å². The van der Waals surface area contributed by atoms with Gasteiger partial charge in [0.15, 0.2) is 11.5 Å². The Morgan fingerprint density at radius 3 is 2.95 bits per heavy atom. The Morgan fingerprint density at radius 1 is 1.42 bits per heavy atom. The van der Waals surface area contributed by atoms with Gasteiger partial charge in [-0.15, -0.1) is 0 Å². The van der Waals surface area contributed by atoms with Gasteiger partial charge in [-0.1, -0.05) is 0 Å². The highest BCUT2D eigenvalue weighted by atomic mass is 35.5. The van der Waals surface area contributed by atoms with Crippen molar-refractivity contribution in [1.82, 2.24) is 19.5 Å². The molecular weight excluding hydrogens is 266 g/mol. The average Bonchev–Trinajstić information content (AvgIpc) is 2.70. The Morgan fingerprint density at radius 2 is 2.21 bits per heavy atom. The lowest BCUT2D eigenvalue weighted by Gasteiger charge is -2.09. The molecule has 0 fully saturated rings. The van der Waals surface area contributed by atoms with E-state index in [1.54, 1.807) is 6.33 Å². The maximum absolute atomic E-state index is 5.88. The first kappa shape index (κ1) is 14.0. The number of rotatable bonds is 6. The van der Waals surface area contributed by atoms with Crippen LogP contribution in [0.25, 0.3) is 11.2 Å². The highest BCUT2D eigenvalue weighted by molar-refractivity contribution is 6.28. The Labute approximate surface area is 117 Å². The molecule has 2 aromatic rings. The maximum atomic E-state index is 5.88.